The molecule has 2 rings (SSSR count). The fourth-order valence-corrected chi connectivity index (χ4v) is 2.23. The lowest BCUT2D eigenvalue weighted by molar-refractivity contribution is -0.00758. The second kappa shape index (κ2) is 4.88. The van der Waals surface area contributed by atoms with Crippen molar-refractivity contribution in [1.29, 1.82) is 0 Å². The molecule has 1 N–H and O–H groups in total. The van der Waals surface area contributed by atoms with Gasteiger partial charge in [-0.15, -0.1) is 0 Å². The highest BCUT2D eigenvalue weighted by Gasteiger charge is 2.28. The Morgan fingerprint density at radius 2 is 1.88 bits per heavy atom. The minimum absolute atomic E-state index is 0.0357. The van der Waals surface area contributed by atoms with Crippen LogP contribution in [0.2, 0.25) is 0 Å². The van der Waals surface area contributed by atoms with Gasteiger partial charge in [0.15, 0.2) is 0 Å². The van der Waals surface area contributed by atoms with Crippen LogP contribution in [0.1, 0.15) is 31.7 Å². The van der Waals surface area contributed by atoms with E-state index in [1.54, 1.807) is 0 Å². The van der Waals surface area contributed by atoms with Crippen LogP contribution in [-0.2, 0) is 0 Å². The van der Waals surface area contributed by atoms with E-state index in [1.807, 2.05) is 24.3 Å². The standard InChI is InChI=1S/C14H20O2/c1-10-3-6-12(7-4-10)16-14-9-11(2)5-8-13(14)15/h3-4,6-7,11,13-15H,5,8-9H2,1-2H3. The fraction of sp³-hybridized carbons (Fsp3) is 0.571. The lowest BCUT2D eigenvalue weighted by Gasteiger charge is -2.31. The molecule has 0 heterocycles. The predicted molar refractivity (Wildman–Crippen MR) is 64.6 cm³/mol. The largest absolute Gasteiger partial charge is 0.488 e. The SMILES string of the molecule is Cc1ccc(OC2CC(C)CCC2O)cc1. The van der Waals surface area contributed by atoms with Crippen LogP contribution >= 0.6 is 0 Å². The van der Waals surface area contributed by atoms with Gasteiger partial charge >= 0.3 is 0 Å². The van der Waals surface area contributed by atoms with Crippen molar-refractivity contribution in [2.75, 3.05) is 0 Å². The van der Waals surface area contributed by atoms with Crippen molar-refractivity contribution < 1.29 is 9.84 Å². The van der Waals surface area contributed by atoms with Crippen LogP contribution < -0.4 is 4.74 Å². The molecule has 0 aliphatic heterocycles. The molecule has 0 aromatic heterocycles. The molecule has 1 aliphatic carbocycles. The van der Waals surface area contributed by atoms with E-state index in [-0.39, 0.29) is 12.2 Å². The number of aliphatic hydroxyl groups is 1. The number of ether oxygens (including phenoxy) is 1. The van der Waals surface area contributed by atoms with Gasteiger partial charge < -0.3 is 9.84 Å². The molecule has 1 aromatic carbocycles. The minimum atomic E-state index is -0.308. The zero-order chi connectivity index (χ0) is 11.5. The molecule has 0 radical (unpaired) electrons. The van der Waals surface area contributed by atoms with E-state index in [0.29, 0.717) is 5.92 Å². The molecular weight excluding hydrogens is 200 g/mol. The van der Waals surface area contributed by atoms with Crippen molar-refractivity contribution in [2.24, 2.45) is 5.92 Å². The number of aliphatic hydroxyl groups excluding tert-OH is 1. The van der Waals surface area contributed by atoms with E-state index < -0.39 is 0 Å². The minimum Gasteiger partial charge on any atom is -0.488 e. The second-order valence-electron chi connectivity index (χ2n) is 4.95. The molecule has 1 saturated carbocycles. The highest BCUT2D eigenvalue weighted by molar-refractivity contribution is 5.26. The van der Waals surface area contributed by atoms with Crippen LogP contribution in [0.25, 0.3) is 0 Å². The summed E-state index contributed by atoms with van der Waals surface area (Å²) in [5, 5.41) is 9.88. The first-order valence-corrected chi connectivity index (χ1v) is 6.06. The Morgan fingerprint density at radius 1 is 1.19 bits per heavy atom. The molecule has 88 valence electrons. The fourth-order valence-electron chi connectivity index (χ4n) is 2.23. The predicted octanol–water partition coefficient (Wildman–Crippen LogP) is 2.92. The van der Waals surface area contributed by atoms with E-state index in [0.717, 1.165) is 25.0 Å². The van der Waals surface area contributed by atoms with Crippen molar-refractivity contribution in [2.45, 2.75) is 45.3 Å². The van der Waals surface area contributed by atoms with Crippen molar-refractivity contribution in [3.8, 4) is 5.75 Å². The van der Waals surface area contributed by atoms with Crippen LogP contribution in [0.4, 0.5) is 0 Å². The van der Waals surface area contributed by atoms with Crippen molar-refractivity contribution in [3.63, 3.8) is 0 Å². The first-order valence-electron chi connectivity index (χ1n) is 6.06. The van der Waals surface area contributed by atoms with Gasteiger partial charge in [-0.2, -0.15) is 0 Å². The van der Waals surface area contributed by atoms with Crippen LogP contribution in [0.5, 0.6) is 5.75 Å². The summed E-state index contributed by atoms with van der Waals surface area (Å²) in [6.07, 6.45) is 2.57. The summed E-state index contributed by atoms with van der Waals surface area (Å²) >= 11 is 0. The first-order chi connectivity index (χ1) is 7.65. The van der Waals surface area contributed by atoms with E-state index in [1.165, 1.54) is 5.56 Å². The summed E-state index contributed by atoms with van der Waals surface area (Å²) in [6.45, 7) is 4.28. The molecular formula is C14H20O2. The highest BCUT2D eigenvalue weighted by atomic mass is 16.5. The molecule has 0 amide bonds. The van der Waals surface area contributed by atoms with Gasteiger partial charge in [0.25, 0.3) is 0 Å². The third kappa shape index (κ3) is 2.76. The average Bonchev–Trinajstić information content (AvgIpc) is 2.27. The molecule has 2 nitrogen and oxygen atoms in total. The third-order valence-electron chi connectivity index (χ3n) is 3.33. The lowest BCUT2D eigenvalue weighted by atomic mass is 9.86. The molecule has 2 heteroatoms. The van der Waals surface area contributed by atoms with Gasteiger partial charge in [-0.1, -0.05) is 24.6 Å². The zero-order valence-electron chi connectivity index (χ0n) is 10.0. The Hall–Kier alpha value is -1.02. The van der Waals surface area contributed by atoms with E-state index in [4.69, 9.17) is 4.74 Å². The zero-order valence-corrected chi connectivity index (χ0v) is 10.0. The number of hydrogen-bond acceptors (Lipinski definition) is 2. The molecule has 1 aromatic rings. The maximum atomic E-state index is 9.88. The Bertz CT molecular complexity index is 331. The molecule has 0 spiro atoms. The summed E-state index contributed by atoms with van der Waals surface area (Å²) in [7, 11) is 0. The maximum Gasteiger partial charge on any atom is 0.125 e. The van der Waals surface area contributed by atoms with E-state index in [2.05, 4.69) is 13.8 Å². The molecule has 0 saturated heterocycles. The van der Waals surface area contributed by atoms with E-state index in [9.17, 15) is 5.11 Å². The van der Waals surface area contributed by atoms with Gasteiger partial charge in [-0.3, -0.25) is 0 Å². The average molecular weight is 220 g/mol. The lowest BCUT2D eigenvalue weighted by Crippen LogP contribution is -2.37. The smallest absolute Gasteiger partial charge is 0.125 e. The van der Waals surface area contributed by atoms with Gasteiger partial charge in [-0.25, -0.2) is 0 Å². The van der Waals surface area contributed by atoms with Crippen molar-refractivity contribution in [1.82, 2.24) is 0 Å². The quantitative estimate of drug-likeness (QED) is 0.830. The molecule has 1 aliphatic rings. The maximum absolute atomic E-state index is 9.88. The number of rotatable bonds is 2. The Morgan fingerprint density at radius 3 is 2.56 bits per heavy atom. The normalized spacial score (nSPS) is 30.1. The topological polar surface area (TPSA) is 29.5 Å². The number of aryl methyl sites for hydroxylation is 1. The second-order valence-corrected chi connectivity index (χ2v) is 4.95. The van der Waals surface area contributed by atoms with Gasteiger partial charge in [0.2, 0.25) is 0 Å². The number of hydrogen-bond donors (Lipinski definition) is 1. The summed E-state index contributed by atoms with van der Waals surface area (Å²) in [6, 6.07) is 8.02. The summed E-state index contributed by atoms with van der Waals surface area (Å²) in [5.74, 6) is 1.52. The van der Waals surface area contributed by atoms with Crippen LogP contribution in [0, 0.1) is 12.8 Å². The first kappa shape index (κ1) is 11.5. The molecule has 3 atom stereocenters. The van der Waals surface area contributed by atoms with Crippen LogP contribution in [0.3, 0.4) is 0 Å². The van der Waals surface area contributed by atoms with E-state index >= 15 is 0 Å². The van der Waals surface area contributed by atoms with Crippen LogP contribution in [-0.4, -0.2) is 17.3 Å². The molecule has 0 bridgehead atoms. The Kier molecular flexibility index (Phi) is 3.49. The third-order valence-corrected chi connectivity index (χ3v) is 3.33. The van der Waals surface area contributed by atoms with Gasteiger partial charge in [-0.05, 0) is 44.2 Å². The number of benzene rings is 1. The Balaban J connectivity index is 2.00. The van der Waals surface area contributed by atoms with Crippen LogP contribution in [0.15, 0.2) is 24.3 Å². The highest BCUT2D eigenvalue weighted by Crippen LogP contribution is 2.27. The van der Waals surface area contributed by atoms with Gasteiger partial charge in [0.05, 0.1) is 6.10 Å². The molecule has 3 unspecified atom stereocenters. The summed E-state index contributed by atoms with van der Waals surface area (Å²) < 4.78 is 5.84. The van der Waals surface area contributed by atoms with Gasteiger partial charge in [0.1, 0.15) is 11.9 Å². The summed E-state index contributed by atoms with van der Waals surface area (Å²) in [4.78, 5) is 0. The van der Waals surface area contributed by atoms with Crippen molar-refractivity contribution >= 4 is 0 Å². The summed E-state index contributed by atoms with van der Waals surface area (Å²) in [5.41, 5.74) is 1.23. The van der Waals surface area contributed by atoms with Gasteiger partial charge in [0, 0.05) is 0 Å². The van der Waals surface area contributed by atoms with Crippen molar-refractivity contribution in [3.05, 3.63) is 29.8 Å². The Labute approximate surface area is 97.3 Å². The molecule has 16 heavy (non-hydrogen) atoms. The monoisotopic (exact) mass is 220 g/mol. The molecule has 1 fully saturated rings.